The number of aromatic nitrogens is 1. The van der Waals surface area contributed by atoms with Gasteiger partial charge in [-0.2, -0.15) is 0 Å². The summed E-state index contributed by atoms with van der Waals surface area (Å²) in [6, 6.07) is 15.2. The summed E-state index contributed by atoms with van der Waals surface area (Å²) in [5, 5.41) is 3.54. The Morgan fingerprint density at radius 1 is 1.03 bits per heavy atom. The first-order valence-electron chi connectivity index (χ1n) is 12.4. The minimum Gasteiger partial charge on any atom is -0.303 e. The molecule has 1 aliphatic heterocycles. The number of benzene rings is 1. The number of carbonyl (C=O) groups excluding carboxylic acids is 1. The van der Waals surface area contributed by atoms with Gasteiger partial charge in [-0.25, -0.2) is 0 Å². The van der Waals surface area contributed by atoms with Crippen LogP contribution in [0.5, 0.6) is 0 Å². The minimum absolute atomic E-state index is 0.0433. The number of piperidine rings is 1. The highest BCUT2D eigenvalue weighted by atomic mass is 32.1. The van der Waals surface area contributed by atoms with E-state index >= 15 is 0 Å². The molecule has 0 radical (unpaired) electrons. The number of fused-ring (bicyclic) bond motifs is 1. The van der Waals surface area contributed by atoms with Crippen LogP contribution < -0.4 is 0 Å². The quantitative estimate of drug-likeness (QED) is 0.400. The molecule has 3 aromatic rings. The Kier molecular flexibility index (Phi) is 6.99. The Balaban J connectivity index is 1.19. The summed E-state index contributed by atoms with van der Waals surface area (Å²) in [7, 11) is 0. The third kappa shape index (κ3) is 4.97. The third-order valence-corrected chi connectivity index (χ3v) is 8.55. The number of Topliss-reactive ketones (excluding diaryl/α,β-unsaturated/α-hetero) is 1. The first-order valence-corrected chi connectivity index (χ1v) is 13.3. The number of nitrogens with zero attached hydrogens (tertiary/aromatic N) is 2. The van der Waals surface area contributed by atoms with Gasteiger partial charge >= 0.3 is 0 Å². The van der Waals surface area contributed by atoms with Gasteiger partial charge in [0.1, 0.15) is 5.78 Å². The second-order valence-electron chi connectivity index (χ2n) is 9.67. The molecule has 2 aromatic heterocycles. The van der Waals surface area contributed by atoms with Gasteiger partial charge in [0.2, 0.25) is 0 Å². The number of thiophene rings is 1. The van der Waals surface area contributed by atoms with Gasteiger partial charge in [-0.05, 0) is 98.3 Å². The fraction of sp³-hybridized carbons (Fsp3) is 0.500. The maximum Gasteiger partial charge on any atom is 0.145 e. The lowest BCUT2D eigenvalue weighted by molar-refractivity contribution is -0.125. The molecule has 1 unspecified atom stereocenters. The van der Waals surface area contributed by atoms with Crippen molar-refractivity contribution in [3.63, 3.8) is 0 Å². The van der Waals surface area contributed by atoms with Crippen molar-refractivity contribution in [2.45, 2.75) is 63.2 Å². The molecule has 4 heteroatoms. The molecule has 0 amide bonds. The molecule has 168 valence electrons. The van der Waals surface area contributed by atoms with Gasteiger partial charge in [0.15, 0.2) is 0 Å². The van der Waals surface area contributed by atoms with E-state index in [1.54, 1.807) is 0 Å². The number of hydrogen-bond acceptors (Lipinski definition) is 4. The van der Waals surface area contributed by atoms with Gasteiger partial charge in [0.25, 0.3) is 0 Å². The van der Waals surface area contributed by atoms with Crippen LogP contribution in [0.1, 0.15) is 74.5 Å². The zero-order chi connectivity index (χ0) is 21.8. The zero-order valence-corrected chi connectivity index (χ0v) is 19.7. The summed E-state index contributed by atoms with van der Waals surface area (Å²) in [4.78, 5) is 20.6. The van der Waals surface area contributed by atoms with Gasteiger partial charge < -0.3 is 4.90 Å². The van der Waals surface area contributed by atoms with Crippen molar-refractivity contribution in [3.05, 3.63) is 65.3 Å². The standard InChI is InChI=1S/C28H34N2OS/c31-28(23-6-2-1-3-7-23)25(26-8-4-5-15-29-26)13-18-30-16-11-21(12-17-30)24-10-9-22-14-19-32-27(22)20-24/h4-5,8-10,14-15,19-21,23,25H,1-3,6-7,11-13,16-18H2. The van der Waals surface area contributed by atoms with E-state index in [4.69, 9.17) is 0 Å². The summed E-state index contributed by atoms with van der Waals surface area (Å²) in [5.41, 5.74) is 2.47. The minimum atomic E-state index is -0.0433. The van der Waals surface area contributed by atoms with Crippen molar-refractivity contribution in [2.75, 3.05) is 19.6 Å². The van der Waals surface area contributed by atoms with Crippen molar-refractivity contribution in [1.82, 2.24) is 9.88 Å². The highest BCUT2D eigenvalue weighted by molar-refractivity contribution is 7.17. The maximum absolute atomic E-state index is 13.4. The molecular formula is C28H34N2OS. The summed E-state index contributed by atoms with van der Waals surface area (Å²) in [6.45, 7) is 3.25. The van der Waals surface area contributed by atoms with Crippen molar-refractivity contribution in [3.8, 4) is 0 Å². The highest BCUT2D eigenvalue weighted by Crippen LogP contribution is 2.34. The molecule has 1 saturated carbocycles. The topological polar surface area (TPSA) is 33.2 Å². The molecule has 2 fully saturated rings. The maximum atomic E-state index is 13.4. The Hall–Kier alpha value is -2.04. The predicted molar refractivity (Wildman–Crippen MR) is 133 cm³/mol. The van der Waals surface area contributed by atoms with Crippen LogP contribution in [0.4, 0.5) is 0 Å². The molecule has 3 heterocycles. The summed E-state index contributed by atoms with van der Waals surface area (Å²) in [6.07, 6.45) is 11.0. The molecule has 5 rings (SSSR count). The van der Waals surface area contributed by atoms with Crippen molar-refractivity contribution < 1.29 is 4.79 Å². The molecule has 2 aliphatic rings. The Morgan fingerprint density at radius 3 is 2.66 bits per heavy atom. The van der Waals surface area contributed by atoms with Crippen LogP contribution >= 0.6 is 11.3 Å². The normalized spacial score (nSPS) is 19.9. The largest absolute Gasteiger partial charge is 0.303 e. The average molecular weight is 447 g/mol. The lowest BCUT2D eigenvalue weighted by Crippen LogP contribution is -2.35. The van der Waals surface area contributed by atoms with Crippen LogP contribution in [-0.4, -0.2) is 35.3 Å². The van der Waals surface area contributed by atoms with Gasteiger partial charge in [-0.3, -0.25) is 9.78 Å². The second-order valence-corrected chi connectivity index (χ2v) is 10.6. The second kappa shape index (κ2) is 10.3. The molecule has 3 nitrogen and oxygen atoms in total. The van der Waals surface area contributed by atoms with Gasteiger partial charge in [-0.15, -0.1) is 11.3 Å². The van der Waals surface area contributed by atoms with Crippen molar-refractivity contribution in [2.24, 2.45) is 5.92 Å². The van der Waals surface area contributed by atoms with Crippen LogP contribution in [0.25, 0.3) is 10.1 Å². The SMILES string of the molecule is O=C(C1CCCCC1)C(CCN1CCC(c2ccc3ccsc3c2)CC1)c1ccccn1. The fourth-order valence-corrected chi connectivity index (χ4v) is 6.55. The Bertz CT molecular complexity index is 1020. The van der Waals surface area contributed by atoms with Crippen LogP contribution in [0, 0.1) is 5.92 Å². The van der Waals surface area contributed by atoms with Crippen molar-refractivity contribution >= 4 is 27.2 Å². The van der Waals surface area contributed by atoms with E-state index in [1.165, 1.54) is 47.8 Å². The zero-order valence-electron chi connectivity index (χ0n) is 18.9. The number of hydrogen-bond donors (Lipinski definition) is 0. The van der Waals surface area contributed by atoms with E-state index in [1.807, 2.05) is 29.7 Å². The first kappa shape index (κ1) is 21.8. The summed E-state index contributed by atoms with van der Waals surface area (Å²) >= 11 is 1.84. The van der Waals surface area contributed by atoms with Gasteiger partial charge in [0, 0.05) is 16.8 Å². The molecule has 1 aromatic carbocycles. The van der Waals surface area contributed by atoms with E-state index in [2.05, 4.69) is 45.6 Å². The smallest absolute Gasteiger partial charge is 0.145 e. The number of rotatable bonds is 7. The van der Waals surface area contributed by atoms with Crippen LogP contribution in [0.3, 0.4) is 0 Å². The van der Waals surface area contributed by atoms with E-state index in [0.717, 1.165) is 44.6 Å². The first-order chi connectivity index (χ1) is 15.8. The van der Waals surface area contributed by atoms with Crippen LogP contribution in [-0.2, 0) is 4.79 Å². The van der Waals surface area contributed by atoms with Crippen molar-refractivity contribution in [1.29, 1.82) is 0 Å². The molecular weight excluding hydrogens is 412 g/mol. The lowest BCUT2D eigenvalue weighted by Gasteiger charge is -2.33. The van der Waals surface area contributed by atoms with E-state index in [0.29, 0.717) is 11.7 Å². The van der Waals surface area contributed by atoms with E-state index in [-0.39, 0.29) is 11.8 Å². The molecule has 0 spiro atoms. The molecule has 1 atom stereocenters. The summed E-state index contributed by atoms with van der Waals surface area (Å²) in [5.74, 6) is 1.31. The molecule has 1 saturated heterocycles. The monoisotopic (exact) mass is 446 g/mol. The highest BCUT2D eigenvalue weighted by Gasteiger charge is 2.31. The van der Waals surface area contributed by atoms with E-state index in [9.17, 15) is 4.79 Å². The summed E-state index contributed by atoms with van der Waals surface area (Å²) < 4.78 is 1.41. The van der Waals surface area contributed by atoms with Crippen LogP contribution in [0.15, 0.2) is 54.0 Å². The van der Waals surface area contributed by atoms with Gasteiger partial charge in [0.05, 0.1) is 11.6 Å². The van der Waals surface area contributed by atoms with E-state index < -0.39 is 0 Å². The van der Waals surface area contributed by atoms with Gasteiger partial charge in [-0.1, -0.05) is 37.5 Å². The number of pyridine rings is 1. The third-order valence-electron chi connectivity index (χ3n) is 7.67. The Labute approximate surface area is 195 Å². The number of carbonyl (C=O) groups is 1. The number of ketones is 1. The average Bonchev–Trinajstić information content (AvgIpc) is 3.34. The van der Waals surface area contributed by atoms with Crippen LogP contribution in [0.2, 0.25) is 0 Å². The molecule has 1 aliphatic carbocycles. The fourth-order valence-electron chi connectivity index (χ4n) is 5.72. The molecule has 0 N–H and O–H groups in total. The predicted octanol–water partition coefficient (Wildman–Crippen LogP) is 6.80. The molecule has 0 bridgehead atoms. The number of likely N-dealkylation sites (tertiary alicyclic amines) is 1. The molecule has 32 heavy (non-hydrogen) atoms. The Morgan fingerprint density at radius 2 is 1.88 bits per heavy atom. The lowest BCUT2D eigenvalue weighted by atomic mass is 9.79.